The Labute approximate surface area is 122 Å². The second-order valence-electron chi connectivity index (χ2n) is 6.89. The van der Waals surface area contributed by atoms with Crippen LogP contribution >= 0.6 is 0 Å². The number of hydrogen-bond acceptors (Lipinski definition) is 4. The molecule has 0 aromatic heterocycles. The van der Waals surface area contributed by atoms with Crippen molar-refractivity contribution in [3.63, 3.8) is 0 Å². The van der Waals surface area contributed by atoms with Crippen molar-refractivity contribution in [1.29, 1.82) is 0 Å². The standard InChI is InChI=1S/C16H28N2O2/c1-7-8-20-14(19)9-12(2)17-13-10-15(3,4)18-16(5,6)11-13/h7,9,13,17-18H,1,8,10-11H2,2-6H3. The van der Waals surface area contributed by atoms with Gasteiger partial charge in [0.1, 0.15) is 6.61 Å². The zero-order valence-electron chi connectivity index (χ0n) is 13.4. The Morgan fingerprint density at radius 3 is 2.40 bits per heavy atom. The molecule has 4 nitrogen and oxygen atoms in total. The molecular formula is C16H28N2O2. The molecule has 0 atom stereocenters. The molecule has 1 aliphatic rings. The summed E-state index contributed by atoms with van der Waals surface area (Å²) in [6, 6.07) is 0.352. The van der Waals surface area contributed by atoms with Crippen molar-refractivity contribution in [1.82, 2.24) is 10.6 Å². The topological polar surface area (TPSA) is 50.4 Å². The third-order valence-corrected chi connectivity index (χ3v) is 3.30. The Bertz CT molecular complexity index is 381. The molecule has 4 heteroatoms. The van der Waals surface area contributed by atoms with Gasteiger partial charge in [0.05, 0.1) is 0 Å². The molecular weight excluding hydrogens is 252 g/mol. The van der Waals surface area contributed by atoms with E-state index in [0.717, 1.165) is 18.5 Å². The van der Waals surface area contributed by atoms with Crippen molar-refractivity contribution >= 4 is 5.97 Å². The van der Waals surface area contributed by atoms with E-state index in [1.165, 1.54) is 6.08 Å². The molecule has 1 fully saturated rings. The number of piperidine rings is 1. The lowest BCUT2D eigenvalue weighted by Crippen LogP contribution is -2.61. The maximum atomic E-state index is 11.5. The predicted molar refractivity (Wildman–Crippen MR) is 82.4 cm³/mol. The second-order valence-corrected chi connectivity index (χ2v) is 6.89. The van der Waals surface area contributed by atoms with Crippen molar-refractivity contribution in [3.05, 3.63) is 24.4 Å². The van der Waals surface area contributed by atoms with Crippen molar-refractivity contribution < 1.29 is 9.53 Å². The minimum Gasteiger partial charge on any atom is -0.458 e. The van der Waals surface area contributed by atoms with E-state index in [1.807, 2.05) is 6.92 Å². The fraction of sp³-hybridized carbons (Fsp3) is 0.688. The molecule has 0 aromatic carbocycles. The van der Waals surface area contributed by atoms with Crippen molar-refractivity contribution in [2.45, 2.75) is 64.6 Å². The molecule has 0 bridgehead atoms. The molecule has 0 aliphatic carbocycles. The molecule has 1 saturated heterocycles. The van der Waals surface area contributed by atoms with Gasteiger partial charge in [-0.15, -0.1) is 0 Å². The predicted octanol–water partition coefficient (Wildman–Crippen LogP) is 2.52. The number of carbonyl (C=O) groups excluding carboxylic acids is 1. The highest BCUT2D eigenvalue weighted by Gasteiger charge is 2.37. The molecule has 1 heterocycles. The summed E-state index contributed by atoms with van der Waals surface area (Å²) >= 11 is 0. The molecule has 0 unspecified atom stereocenters. The van der Waals surface area contributed by atoms with E-state index >= 15 is 0 Å². The van der Waals surface area contributed by atoms with E-state index in [2.05, 4.69) is 44.9 Å². The van der Waals surface area contributed by atoms with E-state index in [-0.39, 0.29) is 23.7 Å². The number of rotatable bonds is 5. The molecule has 0 radical (unpaired) electrons. The Morgan fingerprint density at radius 1 is 1.35 bits per heavy atom. The molecule has 2 N–H and O–H groups in total. The third-order valence-electron chi connectivity index (χ3n) is 3.30. The first kappa shape index (κ1) is 16.8. The van der Waals surface area contributed by atoms with E-state index in [1.54, 1.807) is 6.08 Å². The van der Waals surface area contributed by atoms with Gasteiger partial charge in [-0.2, -0.15) is 0 Å². The average molecular weight is 280 g/mol. The molecule has 0 aromatic rings. The summed E-state index contributed by atoms with van der Waals surface area (Å²) in [4.78, 5) is 11.5. The first-order valence-electron chi connectivity index (χ1n) is 7.15. The van der Waals surface area contributed by atoms with Crippen LogP contribution in [0.15, 0.2) is 24.4 Å². The highest BCUT2D eigenvalue weighted by molar-refractivity contribution is 5.82. The minimum absolute atomic E-state index is 0.0864. The molecule has 0 saturated carbocycles. The first-order chi connectivity index (χ1) is 9.13. The zero-order chi connectivity index (χ0) is 15.4. The van der Waals surface area contributed by atoms with Crippen LogP contribution in [0, 0.1) is 0 Å². The monoisotopic (exact) mass is 280 g/mol. The van der Waals surface area contributed by atoms with E-state index in [4.69, 9.17) is 4.74 Å². The summed E-state index contributed by atoms with van der Waals surface area (Å²) in [6.07, 6.45) is 5.10. The van der Waals surface area contributed by atoms with Gasteiger partial charge in [0.15, 0.2) is 0 Å². The average Bonchev–Trinajstić information content (AvgIpc) is 2.21. The van der Waals surface area contributed by atoms with Gasteiger partial charge in [0.2, 0.25) is 0 Å². The summed E-state index contributed by atoms with van der Waals surface area (Å²) in [6.45, 7) is 14.5. The van der Waals surface area contributed by atoms with Gasteiger partial charge in [-0.3, -0.25) is 0 Å². The van der Waals surface area contributed by atoms with Crippen LogP contribution in [0.3, 0.4) is 0 Å². The number of esters is 1. The number of nitrogens with one attached hydrogen (secondary N) is 2. The van der Waals surface area contributed by atoms with Crippen LogP contribution in [-0.4, -0.2) is 29.7 Å². The first-order valence-corrected chi connectivity index (χ1v) is 7.15. The van der Waals surface area contributed by atoms with Crippen LogP contribution in [-0.2, 0) is 9.53 Å². The summed E-state index contributed by atoms with van der Waals surface area (Å²) in [5, 5.41) is 7.07. The molecule has 114 valence electrons. The molecule has 1 rings (SSSR count). The lowest BCUT2D eigenvalue weighted by Gasteiger charge is -2.47. The van der Waals surface area contributed by atoms with Gasteiger partial charge >= 0.3 is 5.97 Å². The fourth-order valence-electron chi connectivity index (χ4n) is 3.15. The van der Waals surface area contributed by atoms with Crippen LogP contribution in [0.25, 0.3) is 0 Å². The minimum atomic E-state index is -0.331. The summed E-state index contributed by atoms with van der Waals surface area (Å²) in [5.41, 5.74) is 1.02. The van der Waals surface area contributed by atoms with Crippen LogP contribution in [0.4, 0.5) is 0 Å². The zero-order valence-corrected chi connectivity index (χ0v) is 13.4. The highest BCUT2D eigenvalue weighted by Crippen LogP contribution is 2.28. The van der Waals surface area contributed by atoms with Crippen molar-refractivity contribution in [3.8, 4) is 0 Å². The quantitative estimate of drug-likeness (QED) is 0.461. The molecule has 0 spiro atoms. The van der Waals surface area contributed by atoms with E-state index in [9.17, 15) is 4.79 Å². The van der Waals surface area contributed by atoms with E-state index in [0.29, 0.717) is 6.04 Å². The molecule has 0 amide bonds. The van der Waals surface area contributed by atoms with Gasteiger partial charge in [-0.1, -0.05) is 12.7 Å². The third kappa shape index (κ3) is 5.78. The number of allylic oxidation sites excluding steroid dienone is 1. The number of carbonyl (C=O) groups is 1. The summed E-state index contributed by atoms with van der Waals surface area (Å²) in [5.74, 6) is -0.331. The Morgan fingerprint density at radius 2 is 1.90 bits per heavy atom. The summed E-state index contributed by atoms with van der Waals surface area (Å²) in [7, 11) is 0. The fourth-order valence-corrected chi connectivity index (χ4v) is 3.15. The summed E-state index contributed by atoms with van der Waals surface area (Å²) < 4.78 is 4.95. The van der Waals surface area contributed by atoms with Crippen LogP contribution in [0.2, 0.25) is 0 Å². The highest BCUT2D eigenvalue weighted by atomic mass is 16.5. The van der Waals surface area contributed by atoms with Crippen molar-refractivity contribution in [2.75, 3.05) is 6.61 Å². The van der Waals surface area contributed by atoms with Crippen LogP contribution in [0.5, 0.6) is 0 Å². The smallest absolute Gasteiger partial charge is 0.332 e. The largest absolute Gasteiger partial charge is 0.458 e. The van der Waals surface area contributed by atoms with E-state index < -0.39 is 0 Å². The normalized spacial score (nSPS) is 22.1. The number of ether oxygens (including phenoxy) is 1. The van der Waals surface area contributed by atoms with Gasteiger partial charge in [0, 0.05) is 28.9 Å². The SMILES string of the molecule is C=CCOC(=O)C=C(C)NC1CC(C)(C)NC(C)(C)C1. The second kappa shape index (κ2) is 6.44. The van der Waals surface area contributed by atoms with Crippen molar-refractivity contribution in [2.24, 2.45) is 0 Å². The lowest BCUT2D eigenvalue weighted by atomic mass is 9.79. The van der Waals surface area contributed by atoms with Gasteiger partial charge in [-0.05, 0) is 47.5 Å². The Kier molecular flexibility index (Phi) is 5.40. The van der Waals surface area contributed by atoms with Crippen LogP contribution in [0.1, 0.15) is 47.5 Å². The maximum absolute atomic E-state index is 11.5. The molecule has 1 aliphatic heterocycles. The van der Waals surface area contributed by atoms with Gasteiger partial charge in [-0.25, -0.2) is 4.79 Å². The Hall–Kier alpha value is -1.29. The maximum Gasteiger partial charge on any atom is 0.332 e. The van der Waals surface area contributed by atoms with Gasteiger partial charge in [0.25, 0.3) is 0 Å². The van der Waals surface area contributed by atoms with Gasteiger partial charge < -0.3 is 15.4 Å². The molecule has 20 heavy (non-hydrogen) atoms. The lowest BCUT2D eigenvalue weighted by molar-refractivity contribution is -0.136. The Balaban J connectivity index is 2.60. The van der Waals surface area contributed by atoms with Crippen LogP contribution < -0.4 is 10.6 Å². The number of hydrogen-bond donors (Lipinski definition) is 2.